The molecule has 0 aromatic rings. The summed E-state index contributed by atoms with van der Waals surface area (Å²) in [4.78, 5) is 0. The first-order chi connectivity index (χ1) is 8.55. The van der Waals surface area contributed by atoms with Crippen LogP contribution in [0.15, 0.2) is 0 Å². The van der Waals surface area contributed by atoms with E-state index in [1.165, 1.54) is 7.11 Å². The molecule has 6 heteroatoms. The monoisotopic (exact) mass is 292 g/mol. The first-order valence-corrected chi connectivity index (χ1v) is 9.62. The highest BCUT2D eigenvalue weighted by atomic mass is 28.4. The summed E-state index contributed by atoms with van der Waals surface area (Å²) in [7, 11) is -0.366. The fraction of sp³-hybridized carbons (Fsp3) is 1.00. The summed E-state index contributed by atoms with van der Waals surface area (Å²) in [5.74, 6) is 0. The molecule has 1 fully saturated rings. The van der Waals surface area contributed by atoms with Crippen molar-refractivity contribution in [2.24, 2.45) is 0 Å². The molecule has 0 saturated carbocycles. The SMILES string of the molecule is CO[C@H]1C[C@@](O)(CO)[C@@H](CO[Si](C)(C)C(C)(C)C)O1. The third-order valence-corrected chi connectivity index (χ3v) is 8.87. The summed E-state index contributed by atoms with van der Waals surface area (Å²) in [5, 5.41) is 19.8. The number of methoxy groups -OCH3 is 1. The largest absolute Gasteiger partial charge is 0.414 e. The van der Waals surface area contributed by atoms with Crippen molar-refractivity contribution in [1.29, 1.82) is 0 Å². The van der Waals surface area contributed by atoms with E-state index in [1.54, 1.807) is 0 Å². The molecule has 2 N–H and O–H groups in total. The maximum Gasteiger partial charge on any atom is 0.192 e. The number of ether oxygens (including phenoxy) is 2. The Morgan fingerprint density at radius 2 is 1.95 bits per heavy atom. The average Bonchev–Trinajstić information content (AvgIpc) is 2.63. The van der Waals surface area contributed by atoms with E-state index in [4.69, 9.17) is 13.9 Å². The van der Waals surface area contributed by atoms with Crippen LogP contribution in [0.25, 0.3) is 0 Å². The van der Waals surface area contributed by atoms with Crippen LogP contribution in [0.1, 0.15) is 27.2 Å². The molecule has 1 aliphatic rings. The van der Waals surface area contributed by atoms with Crippen LogP contribution in [0, 0.1) is 0 Å². The first-order valence-electron chi connectivity index (χ1n) is 6.71. The molecule has 3 atom stereocenters. The predicted molar refractivity (Wildman–Crippen MR) is 75.5 cm³/mol. The molecule has 114 valence electrons. The molecule has 19 heavy (non-hydrogen) atoms. The van der Waals surface area contributed by atoms with Crippen molar-refractivity contribution in [2.75, 3.05) is 20.3 Å². The smallest absolute Gasteiger partial charge is 0.192 e. The van der Waals surface area contributed by atoms with E-state index < -0.39 is 26.3 Å². The van der Waals surface area contributed by atoms with Crippen molar-refractivity contribution < 1.29 is 24.1 Å². The Labute approximate surface area is 117 Å². The molecule has 1 aliphatic heterocycles. The van der Waals surface area contributed by atoms with Crippen molar-refractivity contribution >= 4 is 8.32 Å². The van der Waals surface area contributed by atoms with E-state index in [9.17, 15) is 10.2 Å². The van der Waals surface area contributed by atoms with Gasteiger partial charge in [0.2, 0.25) is 0 Å². The molecular formula is C13H28O5Si. The van der Waals surface area contributed by atoms with E-state index in [2.05, 4.69) is 33.9 Å². The predicted octanol–water partition coefficient (Wildman–Crippen LogP) is 1.49. The molecule has 0 aliphatic carbocycles. The summed E-state index contributed by atoms with van der Waals surface area (Å²) in [6, 6.07) is 0. The molecule has 0 unspecified atom stereocenters. The van der Waals surface area contributed by atoms with Gasteiger partial charge in [0.1, 0.15) is 11.7 Å². The first kappa shape index (κ1) is 17.1. The Balaban J connectivity index is 2.66. The van der Waals surface area contributed by atoms with E-state index in [1.807, 2.05) is 0 Å². The number of hydrogen-bond acceptors (Lipinski definition) is 5. The van der Waals surface area contributed by atoms with Crippen molar-refractivity contribution in [3.63, 3.8) is 0 Å². The molecule has 0 bridgehead atoms. The zero-order chi connectivity index (χ0) is 14.9. The van der Waals surface area contributed by atoms with Gasteiger partial charge in [0, 0.05) is 13.5 Å². The molecule has 1 saturated heterocycles. The van der Waals surface area contributed by atoms with Gasteiger partial charge >= 0.3 is 0 Å². The number of rotatable bonds is 5. The van der Waals surface area contributed by atoms with E-state index in [0.717, 1.165) is 0 Å². The van der Waals surface area contributed by atoms with Gasteiger partial charge in [-0.15, -0.1) is 0 Å². The van der Waals surface area contributed by atoms with E-state index in [0.29, 0.717) is 0 Å². The summed E-state index contributed by atoms with van der Waals surface area (Å²) >= 11 is 0. The summed E-state index contributed by atoms with van der Waals surface area (Å²) in [5.41, 5.74) is -1.27. The number of aliphatic hydroxyl groups is 2. The second-order valence-corrected chi connectivity index (χ2v) is 11.6. The Bertz CT molecular complexity index is 302. The molecule has 1 heterocycles. The Kier molecular flexibility index (Phi) is 5.20. The molecule has 0 spiro atoms. The van der Waals surface area contributed by atoms with E-state index in [-0.39, 0.29) is 24.7 Å². The number of hydrogen-bond donors (Lipinski definition) is 2. The molecule has 0 radical (unpaired) electrons. The van der Waals surface area contributed by atoms with Gasteiger partial charge < -0.3 is 24.1 Å². The highest BCUT2D eigenvalue weighted by molar-refractivity contribution is 6.74. The second-order valence-electron chi connectivity index (χ2n) is 6.83. The standard InChI is InChI=1S/C13H28O5Si/c1-12(2,3)19(5,6)17-8-10-13(15,9-14)7-11(16-4)18-10/h10-11,14-15H,7-9H2,1-6H3/t10-,11-,13-/m1/s1. The van der Waals surface area contributed by atoms with Gasteiger partial charge in [0.15, 0.2) is 14.6 Å². The summed E-state index contributed by atoms with van der Waals surface area (Å²) in [6.07, 6.45) is -0.757. The minimum Gasteiger partial charge on any atom is -0.414 e. The van der Waals surface area contributed by atoms with Gasteiger partial charge in [-0.05, 0) is 18.1 Å². The minimum absolute atomic E-state index is 0.101. The Morgan fingerprint density at radius 3 is 2.37 bits per heavy atom. The molecule has 0 aromatic heterocycles. The van der Waals surface area contributed by atoms with Crippen LogP contribution in [-0.4, -0.2) is 56.8 Å². The van der Waals surface area contributed by atoms with Crippen LogP contribution in [0.4, 0.5) is 0 Å². The van der Waals surface area contributed by atoms with Gasteiger partial charge in [-0.25, -0.2) is 0 Å². The molecule has 1 rings (SSSR count). The lowest BCUT2D eigenvalue weighted by Gasteiger charge is -2.38. The van der Waals surface area contributed by atoms with Crippen LogP contribution >= 0.6 is 0 Å². The van der Waals surface area contributed by atoms with Gasteiger partial charge in [-0.1, -0.05) is 20.8 Å². The lowest BCUT2D eigenvalue weighted by atomic mass is 9.97. The van der Waals surface area contributed by atoms with Gasteiger partial charge in [-0.2, -0.15) is 0 Å². The highest BCUT2D eigenvalue weighted by Gasteiger charge is 2.49. The van der Waals surface area contributed by atoms with Crippen LogP contribution < -0.4 is 0 Å². The van der Waals surface area contributed by atoms with Crippen LogP contribution in [0.5, 0.6) is 0 Å². The van der Waals surface area contributed by atoms with E-state index >= 15 is 0 Å². The minimum atomic E-state index is -1.89. The fourth-order valence-corrected chi connectivity index (χ4v) is 2.78. The lowest BCUT2D eigenvalue weighted by molar-refractivity contribution is -0.138. The molecule has 5 nitrogen and oxygen atoms in total. The third kappa shape index (κ3) is 3.77. The molecule has 0 amide bonds. The third-order valence-electron chi connectivity index (χ3n) is 4.37. The van der Waals surface area contributed by atoms with Crippen molar-refractivity contribution in [3.8, 4) is 0 Å². The molecule has 0 aromatic carbocycles. The van der Waals surface area contributed by atoms with Crippen LogP contribution in [-0.2, 0) is 13.9 Å². The lowest BCUT2D eigenvalue weighted by Crippen LogP contribution is -2.49. The zero-order valence-electron chi connectivity index (χ0n) is 12.9. The molecular weight excluding hydrogens is 264 g/mol. The van der Waals surface area contributed by atoms with Crippen molar-refractivity contribution in [1.82, 2.24) is 0 Å². The van der Waals surface area contributed by atoms with Gasteiger partial charge in [0.25, 0.3) is 0 Å². The number of aliphatic hydroxyl groups excluding tert-OH is 1. The Morgan fingerprint density at radius 1 is 1.37 bits per heavy atom. The van der Waals surface area contributed by atoms with Crippen LogP contribution in [0.2, 0.25) is 18.1 Å². The van der Waals surface area contributed by atoms with Gasteiger partial charge in [0.05, 0.1) is 13.2 Å². The van der Waals surface area contributed by atoms with Gasteiger partial charge in [-0.3, -0.25) is 0 Å². The fourth-order valence-electron chi connectivity index (χ4n) is 1.78. The summed E-state index contributed by atoms with van der Waals surface area (Å²) in [6.45, 7) is 10.7. The average molecular weight is 292 g/mol. The highest BCUT2D eigenvalue weighted by Crippen LogP contribution is 2.38. The topological polar surface area (TPSA) is 68.2 Å². The summed E-state index contributed by atoms with van der Waals surface area (Å²) < 4.78 is 16.7. The maximum absolute atomic E-state index is 10.3. The van der Waals surface area contributed by atoms with Crippen molar-refractivity contribution in [3.05, 3.63) is 0 Å². The normalized spacial score (nSPS) is 32.8. The zero-order valence-corrected chi connectivity index (χ0v) is 13.9. The van der Waals surface area contributed by atoms with Crippen molar-refractivity contribution in [2.45, 2.75) is 63.3 Å². The van der Waals surface area contributed by atoms with Crippen LogP contribution in [0.3, 0.4) is 0 Å². The Hall–Kier alpha value is 0.0169. The maximum atomic E-state index is 10.3. The second kappa shape index (κ2) is 5.79. The quantitative estimate of drug-likeness (QED) is 0.752.